The summed E-state index contributed by atoms with van der Waals surface area (Å²) in [5.74, 6) is 0.383. The first kappa shape index (κ1) is 16.0. The zero-order chi connectivity index (χ0) is 15.8. The third-order valence-electron chi connectivity index (χ3n) is 3.12. The molecule has 0 aliphatic rings. The van der Waals surface area contributed by atoms with E-state index in [0.29, 0.717) is 30.9 Å². The second-order valence-corrected chi connectivity index (χ2v) is 4.83. The molecule has 2 aromatic carbocycles. The lowest BCUT2D eigenvalue weighted by Gasteiger charge is -2.08. The zero-order valence-corrected chi connectivity index (χ0v) is 12.4. The number of rotatable bonds is 7. The van der Waals surface area contributed by atoms with Gasteiger partial charge >= 0.3 is 0 Å². The van der Waals surface area contributed by atoms with Crippen LogP contribution in [-0.2, 0) is 11.3 Å². The fourth-order valence-corrected chi connectivity index (χ4v) is 1.96. The summed E-state index contributed by atoms with van der Waals surface area (Å²) in [6.45, 7) is 1.15. The molecule has 0 fully saturated rings. The van der Waals surface area contributed by atoms with E-state index in [-0.39, 0.29) is 11.7 Å². The molecule has 0 bridgehead atoms. The lowest BCUT2D eigenvalue weighted by Crippen LogP contribution is -2.21. The van der Waals surface area contributed by atoms with Crippen molar-refractivity contribution < 1.29 is 13.9 Å². The lowest BCUT2D eigenvalue weighted by atomic mass is 10.2. The number of ether oxygens (including phenoxy) is 1. The number of halogens is 1. The number of carbonyl (C=O) groups excluding carboxylic acids is 1. The molecule has 2 aromatic rings. The maximum atomic E-state index is 12.8. The van der Waals surface area contributed by atoms with E-state index < -0.39 is 0 Å². The van der Waals surface area contributed by atoms with E-state index in [9.17, 15) is 9.18 Å². The molecule has 0 saturated carbocycles. The summed E-state index contributed by atoms with van der Waals surface area (Å²) in [4.78, 5) is 11.8. The highest BCUT2D eigenvalue weighted by Gasteiger charge is 2.03. The number of amides is 1. The highest BCUT2D eigenvalue weighted by atomic mass is 19.1. The first-order valence-corrected chi connectivity index (χ1v) is 7.06. The molecule has 22 heavy (non-hydrogen) atoms. The van der Waals surface area contributed by atoms with Gasteiger partial charge in [0.25, 0.3) is 0 Å². The molecule has 0 unspecified atom stereocenters. The number of methoxy groups -OCH3 is 1. The van der Waals surface area contributed by atoms with Crippen LogP contribution < -0.4 is 15.4 Å². The van der Waals surface area contributed by atoms with Gasteiger partial charge in [-0.3, -0.25) is 4.79 Å². The number of nitrogens with one attached hydrogen (secondary N) is 2. The number of anilines is 1. The topological polar surface area (TPSA) is 50.4 Å². The van der Waals surface area contributed by atoms with E-state index in [0.717, 1.165) is 5.56 Å². The number of hydrogen-bond acceptors (Lipinski definition) is 3. The van der Waals surface area contributed by atoms with Crippen molar-refractivity contribution in [2.45, 2.75) is 13.0 Å². The molecular weight excluding hydrogens is 283 g/mol. The molecule has 2 N–H and O–H groups in total. The summed E-state index contributed by atoms with van der Waals surface area (Å²) in [6, 6.07) is 13.5. The standard InChI is InChI=1S/C17H19FN2O2/c1-22-16-4-2-3-15(11-16)20-17(21)9-10-19-12-13-5-7-14(18)8-6-13/h2-8,11,19H,9-10,12H2,1H3,(H,20,21). The minimum Gasteiger partial charge on any atom is -0.497 e. The van der Waals surface area contributed by atoms with Gasteiger partial charge in [-0.1, -0.05) is 18.2 Å². The second-order valence-electron chi connectivity index (χ2n) is 4.83. The van der Waals surface area contributed by atoms with E-state index in [2.05, 4.69) is 10.6 Å². The molecule has 5 heteroatoms. The molecule has 0 aromatic heterocycles. The molecule has 0 spiro atoms. The number of benzene rings is 2. The van der Waals surface area contributed by atoms with Gasteiger partial charge in [-0.2, -0.15) is 0 Å². The first-order valence-electron chi connectivity index (χ1n) is 7.06. The van der Waals surface area contributed by atoms with Crippen LogP contribution in [0.15, 0.2) is 48.5 Å². The Hall–Kier alpha value is -2.40. The predicted octanol–water partition coefficient (Wildman–Crippen LogP) is 2.95. The fourth-order valence-electron chi connectivity index (χ4n) is 1.96. The molecular formula is C17H19FN2O2. The van der Waals surface area contributed by atoms with Crippen LogP contribution in [0.4, 0.5) is 10.1 Å². The van der Waals surface area contributed by atoms with Crippen LogP contribution in [0.3, 0.4) is 0 Å². The van der Waals surface area contributed by atoms with Gasteiger partial charge in [0.2, 0.25) is 5.91 Å². The van der Waals surface area contributed by atoms with Gasteiger partial charge in [0.1, 0.15) is 11.6 Å². The Labute approximate surface area is 129 Å². The third-order valence-corrected chi connectivity index (χ3v) is 3.12. The molecule has 0 saturated heterocycles. The first-order chi connectivity index (χ1) is 10.7. The van der Waals surface area contributed by atoms with E-state index >= 15 is 0 Å². The van der Waals surface area contributed by atoms with Crippen LogP contribution in [0.2, 0.25) is 0 Å². The zero-order valence-electron chi connectivity index (χ0n) is 12.4. The van der Waals surface area contributed by atoms with Crippen molar-refractivity contribution in [3.63, 3.8) is 0 Å². The maximum Gasteiger partial charge on any atom is 0.225 e. The van der Waals surface area contributed by atoms with Crippen LogP contribution in [-0.4, -0.2) is 19.6 Å². The molecule has 0 heterocycles. The van der Waals surface area contributed by atoms with Gasteiger partial charge in [-0.15, -0.1) is 0 Å². The molecule has 0 atom stereocenters. The second kappa shape index (κ2) is 8.14. The van der Waals surface area contributed by atoms with Crippen LogP contribution in [0.25, 0.3) is 0 Å². The predicted molar refractivity (Wildman–Crippen MR) is 84.3 cm³/mol. The molecule has 1 amide bonds. The van der Waals surface area contributed by atoms with Gasteiger partial charge in [0.15, 0.2) is 0 Å². The summed E-state index contributed by atoms with van der Waals surface area (Å²) in [5, 5.41) is 5.97. The highest BCUT2D eigenvalue weighted by Crippen LogP contribution is 2.16. The van der Waals surface area contributed by atoms with Crippen molar-refractivity contribution in [2.24, 2.45) is 0 Å². The third kappa shape index (κ3) is 5.18. The molecule has 4 nitrogen and oxygen atoms in total. The van der Waals surface area contributed by atoms with E-state index in [1.165, 1.54) is 12.1 Å². The Balaban J connectivity index is 1.70. The van der Waals surface area contributed by atoms with Crippen molar-refractivity contribution in [2.75, 3.05) is 19.0 Å². The molecule has 0 aliphatic heterocycles. The van der Waals surface area contributed by atoms with Crippen LogP contribution in [0.5, 0.6) is 5.75 Å². The fraction of sp³-hybridized carbons (Fsp3) is 0.235. The highest BCUT2D eigenvalue weighted by molar-refractivity contribution is 5.90. The maximum absolute atomic E-state index is 12.8. The summed E-state index contributed by atoms with van der Waals surface area (Å²) >= 11 is 0. The summed E-state index contributed by atoms with van der Waals surface area (Å²) < 4.78 is 17.9. The van der Waals surface area contributed by atoms with Crippen molar-refractivity contribution >= 4 is 11.6 Å². The Morgan fingerprint density at radius 3 is 2.68 bits per heavy atom. The Kier molecular flexibility index (Phi) is 5.91. The van der Waals surface area contributed by atoms with E-state index in [1.807, 2.05) is 18.2 Å². The van der Waals surface area contributed by atoms with Crippen molar-refractivity contribution in [3.8, 4) is 5.75 Å². The average Bonchev–Trinajstić information content (AvgIpc) is 2.53. The summed E-state index contributed by atoms with van der Waals surface area (Å²) in [6.07, 6.45) is 0.360. The van der Waals surface area contributed by atoms with Crippen LogP contribution in [0, 0.1) is 5.82 Å². The normalized spacial score (nSPS) is 10.3. The smallest absolute Gasteiger partial charge is 0.225 e. The van der Waals surface area contributed by atoms with Gasteiger partial charge in [-0.25, -0.2) is 4.39 Å². The largest absolute Gasteiger partial charge is 0.497 e. The van der Waals surface area contributed by atoms with Crippen LogP contribution in [0.1, 0.15) is 12.0 Å². The van der Waals surface area contributed by atoms with Gasteiger partial charge in [-0.05, 0) is 29.8 Å². The lowest BCUT2D eigenvalue weighted by molar-refractivity contribution is -0.116. The SMILES string of the molecule is COc1cccc(NC(=O)CCNCc2ccc(F)cc2)c1. The summed E-state index contributed by atoms with van der Waals surface area (Å²) in [7, 11) is 1.58. The average molecular weight is 302 g/mol. The minimum atomic E-state index is -0.249. The Morgan fingerprint density at radius 2 is 1.95 bits per heavy atom. The van der Waals surface area contributed by atoms with Gasteiger partial charge in [0, 0.05) is 31.3 Å². The monoisotopic (exact) mass is 302 g/mol. The quantitative estimate of drug-likeness (QED) is 0.773. The molecule has 116 valence electrons. The van der Waals surface area contributed by atoms with Crippen molar-refractivity contribution in [1.29, 1.82) is 0 Å². The summed E-state index contributed by atoms with van der Waals surface area (Å²) in [5.41, 5.74) is 1.69. The van der Waals surface area contributed by atoms with Gasteiger partial charge < -0.3 is 15.4 Å². The van der Waals surface area contributed by atoms with E-state index in [4.69, 9.17) is 4.74 Å². The van der Waals surface area contributed by atoms with Gasteiger partial charge in [0.05, 0.1) is 7.11 Å². The van der Waals surface area contributed by atoms with Crippen molar-refractivity contribution in [3.05, 3.63) is 59.9 Å². The van der Waals surface area contributed by atoms with E-state index in [1.54, 1.807) is 25.3 Å². The number of hydrogen-bond donors (Lipinski definition) is 2. The minimum absolute atomic E-state index is 0.0696. The molecule has 0 radical (unpaired) electrons. The number of carbonyl (C=O) groups is 1. The Bertz CT molecular complexity index is 614. The Morgan fingerprint density at radius 1 is 1.18 bits per heavy atom. The van der Waals surface area contributed by atoms with Crippen molar-refractivity contribution in [1.82, 2.24) is 5.32 Å². The molecule has 0 aliphatic carbocycles. The molecule has 2 rings (SSSR count). The van der Waals surface area contributed by atoms with Crippen LogP contribution >= 0.6 is 0 Å².